The molecule has 2 N–H and O–H groups in total. The zero-order chi connectivity index (χ0) is 22.2. The topological polar surface area (TPSA) is 54.3 Å². The van der Waals surface area contributed by atoms with E-state index in [0.29, 0.717) is 23.1 Å². The number of anilines is 1. The Balaban J connectivity index is 1.34. The number of nitrogens with one attached hydrogen (secondary N) is 1. The first-order chi connectivity index (χ1) is 15.5. The monoisotopic (exact) mass is 426 g/mol. The van der Waals surface area contributed by atoms with Gasteiger partial charge in [0, 0.05) is 35.0 Å². The molecule has 164 valence electrons. The molecule has 0 radical (unpaired) electrons. The number of aliphatic carboxylic acids is 1. The molecule has 5 rings (SSSR count). The molecule has 0 saturated heterocycles. The smallest absolute Gasteiger partial charge is 0.337 e. The van der Waals surface area contributed by atoms with Crippen molar-refractivity contribution in [1.82, 2.24) is 4.57 Å². The summed E-state index contributed by atoms with van der Waals surface area (Å²) in [5, 5.41) is 14.4. The normalized spacial score (nSPS) is 23.4. The van der Waals surface area contributed by atoms with Gasteiger partial charge in [-0.15, -0.1) is 0 Å². The van der Waals surface area contributed by atoms with Gasteiger partial charge in [-0.3, -0.25) is 0 Å². The van der Waals surface area contributed by atoms with Gasteiger partial charge in [-0.2, -0.15) is 0 Å². The first-order valence-corrected chi connectivity index (χ1v) is 11.5. The van der Waals surface area contributed by atoms with Gasteiger partial charge in [-0.1, -0.05) is 56.3 Å². The van der Waals surface area contributed by atoms with E-state index in [-0.39, 0.29) is 0 Å². The van der Waals surface area contributed by atoms with Crippen LogP contribution in [-0.4, -0.2) is 15.6 Å². The number of carboxylic acids is 1. The third-order valence-electron chi connectivity index (χ3n) is 7.26. The summed E-state index contributed by atoms with van der Waals surface area (Å²) in [7, 11) is 0. The fourth-order valence-corrected chi connectivity index (χ4v) is 5.16. The number of aromatic nitrogens is 1. The highest BCUT2D eigenvalue weighted by molar-refractivity contribution is 5.94. The Morgan fingerprint density at radius 1 is 1.19 bits per heavy atom. The molecule has 1 aromatic heterocycles. The lowest BCUT2D eigenvalue weighted by molar-refractivity contribution is -0.132. The highest BCUT2D eigenvalue weighted by atomic mass is 16.4. The van der Waals surface area contributed by atoms with Crippen LogP contribution in [0, 0.1) is 23.7 Å². The Labute approximate surface area is 189 Å². The third kappa shape index (κ3) is 4.10. The highest BCUT2D eigenvalue weighted by Gasteiger charge is 2.40. The quantitative estimate of drug-likeness (QED) is 0.466. The van der Waals surface area contributed by atoms with Gasteiger partial charge in [0.05, 0.1) is 5.57 Å². The first-order valence-electron chi connectivity index (χ1n) is 11.5. The maximum Gasteiger partial charge on any atom is 0.337 e. The Bertz CT molecular complexity index is 1200. The van der Waals surface area contributed by atoms with Gasteiger partial charge in [-0.05, 0) is 66.3 Å². The Morgan fingerprint density at radius 3 is 2.69 bits per heavy atom. The fraction of sp³-hybridized carbons (Fsp3) is 0.321. The van der Waals surface area contributed by atoms with Crippen LogP contribution < -0.4 is 5.32 Å². The summed E-state index contributed by atoms with van der Waals surface area (Å²) < 4.78 is 2.24. The lowest BCUT2D eigenvalue weighted by atomic mass is 9.81. The van der Waals surface area contributed by atoms with Crippen LogP contribution in [0.1, 0.15) is 32.3 Å². The second-order valence-electron chi connectivity index (χ2n) is 9.47. The summed E-state index contributed by atoms with van der Waals surface area (Å²) in [6, 6.07) is 18.8. The molecule has 3 unspecified atom stereocenters. The lowest BCUT2D eigenvalue weighted by Crippen LogP contribution is -2.21. The number of fused-ring (bicyclic) bond motifs is 1. The molecule has 0 bridgehead atoms. The van der Waals surface area contributed by atoms with Gasteiger partial charge in [0.25, 0.3) is 0 Å². The molecule has 2 aliphatic carbocycles. The van der Waals surface area contributed by atoms with Gasteiger partial charge >= 0.3 is 5.97 Å². The Morgan fingerprint density at radius 2 is 1.97 bits per heavy atom. The summed E-state index contributed by atoms with van der Waals surface area (Å²) in [6.45, 7) is 5.39. The number of benzene rings is 2. The Kier molecular flexibility index (Phi) is 5.38. The van der Waals surface area contributed by atoms with E-state index in [1.807, 2.05) is 18.2 Å². The molecule has 0 aliphatic heterocycles. The van der Waals surface area contributed by atoms with E-state index in [2.05, 4.69) is 78.5 Å². The molecule has 2 aliphatic rings. The molecular formula is C28H30N2O2. The molecule has 1 saturated carbocycles. The van der Waals surface area contributed by atoms with Gasteiger partial charge in [0.15, 0.2) is 0 Å². The van der Waals surface area contributed by atoms with E-state index >= 15 is 0 Å². The van der Waals surface area contributed by atoms with E-state index in [4.69, 9.17) is 0 Å². The summed E-state index contributed by atoms with van der Waals surface area (Å²) >= 11 is 0. The van der Waals surface area contributed by atoms with E-state index < -0.39 is 5.97 Å². The van der Waals surface area contributed by atoms with E-state index in [1.54, 1.807) is 0 Å². The van der Waals surface area contributed by atoms with Crippen LogP contribution in [0.4, 0.5) is 5.69 Å². The molecule has 32 heavy (non-hydrogen) atoms. The van der Waals surface area contributed by atoms with Gasteiger partial charge in [-0.25, -0.2) is 4.79 Å². The fourth-order valence-electron chi connectivity index (χ4n) is 5.16. The average molecular weight is 427 g/mol. The summed E-state index contributed by atoms with van der Waals surface area (Å²) in [4.78, 5) is 12.0. The van der Waals surface area contributed by atoms with Crippen LogP contribution in [0.2, 0.25) is 0 Å². The molecule has 4 atom stereocenters. The predicted molar refractivity (Wildman–Crippen MR) is 129 cm³/mol. The molecule has 1 heterocycles. The highest BCUT2D eigenvalue weighted by Crippen LogP contribution is 2.48. The number of hydrogen-bond donors (Lipinski definition) is 2. The largest absolute Gasteiger partial charge is 0.478 e. The van der Waals surface area contributed by atoms with E-state index in [1.165, 1.54) is 17.5 Å². The number of carboxylic acid groups (broad SMARTS) is 1. The molecule has 0 spiro atoms. The van der Waals surface area contributed by atoms with Gasteiger partial charge in [0.2, 0.25) is 0 Å². The average Bonchev–Trinajstić information content (AvgIpc) is 3.41. The minimum absolute atomic E-state index is 0.302. The molecule has 1 fully saturated rings. The Hall–Kier alpha value is -3.27. The summed E-state index contributed by atoms with van der Waals surface area (Å²) in [5.41, 5.74) is 4.44. The molecule has 4 heteroatoms. The standard InChI is InChI=1S/C28H30N2O2/c1-18-14-24(18)19(2)21-8-10-26(25(16-21)28(31)32)29-23-9-11-27-22(15-23)12-13-30(27)17-20-6-4-3-5-7-20/h3-7,9-13,15-16,18-19,21,24,29H,8,14,17H2,1-2H3,(H,31,32)/t18?,19?,21?,24-/m0/s1. The van der Waals surface area contributed by atoms with Crippen molar-refractivity contribution in [2.24, 2.45) is 23.7 Å². The number of allylic oxidation sites excluding steroid dienone is 2. The van der Waals surface area contributed by atoms with Crippen LogP contribution in [0.3, 0.4) is 0 Å². The molecule has 4 nitrogen and oxygen atoms in total. The maximum absolute atomic E-state index is 12.0. The van der Waals surface area contributed by atoms with Crippen LogP contribution >= 0.6 is 0 Å². The molecule has 0 amide bonds. The van der Waals surface area contributed by atoms with Crippen molar-refractivity contribution in [2.75, 3.05) is 5.32 Å². The third-order valence-corrected chi connectivity index (χ3v) is 7.26. The predicted octanol–water partition coefficient (Wildman–Crippen LogP) is 6.31. The maximum atomic E-state index is 12.0. The van der Waals surface area contributed by atoms with Crippen molar-refractivity contribution in [2.45, 2.75) is 33.2 Å². The van der Waals surface area contributed by atoms with Gasteiger partial charge < -0.3 is 15.0 Å². The molecule has 3 aromatic rings. The zero-order valence-corrected chi connectivity index (χ0v) is 18.7. The number of rotatable bonds is 7. The van der Waals surface area contributed by atoms with Crippen molar-refractivity contribution in [3.63, 3.8) is 0 Å². The van der Waals surface area contributed by atoms with Crippen LogP contribution in [0.15, 0.2) is 84.2 Å². The zero-order valence-electron chi connectivity index (χ0n) is 18.7. The van der Waals surface area contributed by atoms with Crippen molar-refractivity contribution in [3.05, 3.63) is 89.8 Å². The van der Waals surface area contributed by atoms with Crippen LogP contribution in [0.5, 0.6) is 0 Å². The minimum atomic E-state index is -0.861. The molecule has 2 aromatic carbocycles. The van der Waals surface area contributed by atoms with Crippen molar-refractivity contribution in [1.29, 1.82) is 0 Å². The number of nitrogens with zero attached hydrogens (tertiary/aromatic N) is 1. The van der Waals surface area contributed by atoms with Crippen molar-refractivity contribution < 1.29 is 9.90 Å². The van der Waals surface area contributed by atoms with Crippen LogP contribution in [0.25, 0.3) is 10.9 Å². The summed E-state index contributed by atoms with van der Waals surface area (Å²) in [5.74, 6) is 1.47. The first kappa shape index (κ1) is 20.6. The second kappa shape index (κ2) is 8.34. The minimum Gasteiger partial charge on any atom is -0.478 e. The van der Waals surface area contributed by atoms with Crippen molar-refractivity contribution in [3.8, 4) is 0 Å². The molecular weight excluding hydrogens is 396 g/mol. The number of hydrogen-bond acceptors (Lipinski definition) is 2. The van der Waals surface area contributed by atoms with Crippen LogP contribution in [-0.2, 0) is 11.3 Å². The van der Waals surface area contributed by atoms with Gasteiger partial charge in [0.1, 0.15) is 0 Å². The number of carbonyl (C=O) groups is 1. The van der Waals surface area contributed by atoms with E-state index in [0.717, 1.165) is 35.9 Å². The lowest BCUT2D eigenvalue weighted by Gasteiger charge is -2.26. The summed E-state index contributed by atoms with van der Waals surface area (Å²) in [6.07, 6.45) is 8.32. The SMILES string of the molecule is CC1C[C@@H]1C(C)C1C=C(C(=O)O)C(Nc2ccc3c(ccn3Cc3ccccc3)c2)=CC1. The van der Waals surface area contributed by atoms with E-state index in [9.17, 15) is 9.90 Å². The second-order valence-corrected chi connectivity index (χ2v) is 9.47. The van der Waals surface area contributed by atoms with Crippen molar-refractivity contribution >= 4 is 22.6 Å².